The van der Waals surface area contributed by atoms with E-state index in [2.05, 4.69) is 77.5 Å². The molecule has 2 aromatic rings. The first-order valence-electron chi connectivity index (χ1n) is 11.1. The maximum Gasteiger partial charge on any atom is 0.410 e. The highest BCUT2D eigenvalue weighted by Crippen LogP contribution is 2.36. The number of ether oxygens (including phenoxy) is 1. The number of hydrogen-bond acceptors (Lipinski definition) is 4. The monoisotopic (exact) mass is 521 g/mol. The minimum Gasteiger partial charge on any atom is -0.444 e. The lowest BCUT2D eigenvalue weighted by atomic mass is 10.1. The third kappa shape index (κ3) is 5.64. The molecule has 1 aromatic carbocycles. The lowest BCUT2D eigenvalue weighted by Crippen LogP contribution is -2.41. The molecule has 0 bridgehead atoms. The van der Waals surface area contributed by atoms with Gasteiger partial charge in [-0.3, -0.25) is 4.90 Å². The molecule has 1 aromatic heterocycles. The van der Waals surface area contributed by atoms with Gasteiger partial charge in [-0.2, -0.15) is 0 Å². The summed E-state index contributed by atoms with van der Waals surface area (Å²) in [4.78, 5) is 18.9. The third-order valence-corrected chi connectivity index (χ3v) is 11.4. The van der Waals surface area contributed by atoms with Crippen molar-refractivity contribution in [1.29, 1.82) is 0 Å². The van der Waals surface area contributed by atoms with E-state index in [1.165, 1.54) is 0 Å². The second-order valence-corrected chi connectivity index (χ2v) is 16.6. The van der Waals surface area contributed by atoms with E-state index in [4.69, 9.17) is 9.16 Å². The number of nitrogens with zero attached hydrogens (tertiary/aromatic N) is 3. The molecule has 0 fully saturated rings. The Labute approximate surface area is 201 Å². The van der Waals surface area contributed by atoms with Crippen LogP contribution in [0.25, 0.3) is 11.4 Å². The van der Waals surface area contributed by atoms with Crippen LogP contribution in [0.5, 0.6) is 0 Å². The molecule has 176 valence electrons. The SMILES string of the molecule is CC(C)(C)OC(=O)N1Cc2ccc(-c3ncc(Br)n3CCO[Si](C)(C)C(C)(C)C)cc2C1. The number of imidazole rings is 1. The van der Waals surface area contributed by atoms with E-state index >= 15 is 0 Å². The van der Waals surface area contributed by atoms with E-state index in [9.17, 15) is 4.79 Å². The van der Waals surface area contributed by atoms with Crippen LogP contribution in [-0.2, 0) is 28.8 Å². The Morgan fingerprint density at radius 1 is 1.12 bits per heavy atom. The highest BCUT2D eigenvalue weighted by atomic mass is 79.9. The van der Waals surface area contributed by atoms with Crippen molar-refractivity contribution in [2.45, 2.75) is 84.9 Å². The highest BCUT2D eigenvalue weighted by molar-refractivity contribution is 9.10. The number of fused-ring (bicyclic) bond motifs is 1. The summed E-state index contributed by atoms with van der Waals surface area (Å²) in [6.45, 7) is 19.5. The van der Waals surface area contributed by atoms with E-state index in [0.29, 0.717) is 19.7 Å². The van der Waals surface area contributed by atoms with Crippen LogP contribution in [0.4, 0.5) is 4.79 Å². The minimum absolute atomic E-state index is 0.183. The van der Waals surface area contributed by atoms with Gasteiger partial charge in [-0.25, -0.2) is 9.78 Å². The van der Waals surface area contributed by atoms with Crippen molar-refractivity contribution in [3.63, 3.8) is 0 Å². The second kappa shape index (κ2) is 8.95. The molecule has 2 heterocycles. The molecule has 0 spiro atoms. The summed E-state index contributed by atoms with van der Waals surface area (Å²) in [5.74, 6) is 0.897. The zero-order valence-electron chi connectivity index (χ0n) is 20.6. The molecule has 6 nitrogen and oxygen atoms in total. The Hall–Kier alpha value is -1.64. The van der Waals surface area contributed by atoms with Crippen molar-refractivity contribution in [1.82, 2.24) is 14.5 Å². The van der Waals surface area contributed by atoms with Crippen LogP contribution in [0.1, 0.15) is 52.7 Å². The lowest BCUT2D eigenvalue weighted by Gasteiger charge is -2.36. The average Bonchev–Trinajstić information content (AvgIpc) is 3.22. The average molecular weight is 523 g/mol. The Bertz CT molecular complexity index is 989. The molecular formula is C24H36BrN3O3Si. The first-order chi connectivity index (χ1) is 14.7. The van der Waals surface area contributed by atoms with Crippen LogP contribution >= 0.6 is 15.9 Å². The Kier molecular flexibility index (Phi) is 6.99. The molecule has 0 radical (unpaired) electrons. The predicted molar refractivity (Wildman–Crippen MR) is 134 cm³/mol. The molecular weight excluding hydrogens is 486 g/mol. The smallest absolute Gasteiger partial charge is 0.410 e. The number of benzene rings is 1. The van der Waals surface area contributed by atoms with Crippen LogP contribution in [0.2, 0.25) is 18.1 Å². The van der Waals surface area contributed by atoms with E-state index in [1.807, 2.05) is 27.0 Å². The summed E-state index contributed by atoms with van der Waals surface area (Å²) in [5, 5.41) is 0.183. The summed E-state index contributed by atoms with van der Waals surface area (Å²) in [7, 11) is -1.80. The van der Waals surface area contributed by atoms with Crippen molar-refractivity contribution in [2.24, 2.45) is 0 Å². The van der Waals surface area contributed by atoms with Gasteiger partial charge < -0.3 is 13.7 Å². The van der Waals surface area contributed by atoms with Crippen molar-refractivity contribution in [3.05, 3.63) is 40.1 Å². The molecule has 1 amide bonds. The number of hydrogen-bond donors (Lipinski definition) is 0. The summed E-state index contributed by atoms with van der Waals surface area (Å²) in [6.07, 6.45) is 1.56. The summed E-state index contributed by atoms with van der Waals surface area (Å²) < 4.78 is 15.0. The molecule has 0 N–H and O–H groups in total. The van der Waals surface area contributed by atoms with Gasteiger partial charge in [-0.15, -0.1) is 0 Å². The highest BCUT2D eigenvalue weighted by Gasteiger charge is 2.37. The van der Waals surface area contributed by atoms with Crippen molar-refractivity contribution in [2.75, 3.05) is 6.61 Å². The zero-order chi connectivity index (χ0) is 23.9. The molecule has 8 heteroatoms. The van der Waals surface area contributed by atoms with Gasteiger partial charge in [0.2, 0.25) is 0 Å². The first kappa shape index (κ1) is 25.0. The number of aromatic nitrogens is 2. The van der Waals surface area contributed by atoms with Gasteiger partial charge in [0.15, 0.2) is 8.32 Å². The molecule has 1 aliphatic heterocycles. The van der Waals surface area contributed by atoms with E-state index in [1.54, 1.807) is 4.90 Å². The number of carbonyl (C=O) groups excluding carboxylic acids is 1. The summed E-state index contributed by atoms with van der Waals surface area (Å²) in [5.41, 5.74) is 2.82. The fourth-order valence-corrected chi connectivity index (χ4v) is 4.88. The molecule has 1 aliphatic rings. The zero-order valence-corrected chi connectivity index (χ0v) is 23.2. The minimum atomic E-state index is -1.80. The molecule has 0 atom stereocenters. The van der Waals surface area contributed by atoms with Gasteiger partial charge in [0.05, 0.1) is 12.8 Å². The number of carbonyl (C=O) groups is 1. The van der Waals surface area contributed by atoms with Gasteiger partial charge in [0.25, 0.3) is 0 Å². The van der Waals surface area contributed by atoms with E-state index in [-0.39, 0.29) is 11.1 Å². The Morgan fingerprint density at radius 3 is 2.41 bits per heavy atom. The van der Waals surface area contributed by atoms with Crippen molar-refractivity contribution < 1.29 is 14.0 Å². The van der Waals surface area contributed by atoms with Crippen LogP contribution < -0.4 is 0 Å². The van der Waals surface area contributed by atoms with Gasteiger partial charge in [-0.05, 0) is 72.0 Å². The van der Waals surface area contributed by atoms with Crippen molar-refractivity contribution >= 4 is 30.3 Å². The normalized spacial score (nSPS) is 14.6. The van der Waals surface area contributed by atoms with Gasteiger partial charge >= 0.3 is 6.09 Å². The molecule has 3 rings (SSSR count). The third-order valence-electron chi connectivity index (χ3n) is 6.23. The van der Waals surface area contributed by atoms with Crippen LogP contribution in [0.15, 0.2) is 29.0 Å². The maximum absolute atomic E-state index is 12.5. The molecule has 32 heavy (non-hydrogen) atoms. The number of rotatable bonds is 5. The summed E-state index contributed by atoms with van der Waals surface area (Å²) >= 11 is 3.64. The van der Waals surface area contributed by atoms with Crippen LogP contribution in [-0.4, -0.2) is 41.1 Å². The summed E-state index contributed by atoms with van der Waals surface area (Å²) in [6, 6.07) is 6.31. The van der Waals surface area contributed by atoms with Gasteiger partial charge in [-0.1, -0.05) is 32.9 Å². The van der Waals surface area contributed by atoms with E-state index < -0.39 is 13.9 Å². The molecule has 0 saturated heterocycles. The molecule has 0 saturated carbocycles. The van der Waals surface area contributed by atoms with Gasteiger partial charge in [0.1, 0.15) is 16.0 Å². The predicted octanol–water partition coefficient (Wildman–Crippen LogP) is 6.59. The molecule has 0 aliphatic carbocycles. The van der Waals surface area contributed by atoms with Crippen LogP contribution in [0.3, 0.4) is 0 Å². The first-order valence-corrected chi connectivity index (χ1v) is 14.8. The lowest BCUT2D eigenvalue weighted by molar-refractivity contribution is 0.0242. The van der Waals surface area contributed by atoms with Crippen LogP contribution in [0, 0.1) is 0 Å². The number of halogens is 1. The molecule has 0 unspecified atom stereocenters. The maximum atomic E-state index is 12.5. The van der Waals surface area contributed by atoms with E-state index in [0.717, 1.165) is 33.7 Å². The standard InChI is InChI=1S/C24H36BrN3O3Si/c1-23(2,3)31-22(29)27-15-18-10-9-17(13-19(18)16-27)21-26-14-20(25)28(21)11-12-30-32(7,8)24(4,5)6/h9-10,13-14H,11-12,15-16H2,1-8H3. The quantitative estimate of drug-likeness (QED) is 0.416. The largest absolute Gasteiger partial charge is 0.444 e. The van der Waals surface area contributed by atoms with Crippen molar-refractivity contribution in [3.8, 4) is 11.4 Å². The Morgan fingerprint density at radius 2 is 1.78 bits per heavy atom. The van der Waals surface area contributed by atoms with Gasteiger partial charge in [0, 0.05) is 25.2 Å². The fourth-order valence-electron chi connectivity index (χ4n) is 3.40. The second-order valence-electron chi connectivity index (χ2n) is 11.0. The topological polar surface area (TPSA) is 56.6 Å². The Balaban J connectivity index is 1.74. The number of amides is 1. The fraction of sp³-hybridized carbons (Fsp3) is 0.583.